The van der Waals surface area contributed by atoms with Gasteiger partial charge in [-0.05, 0) is 72.8 Å². The molecule has 1 heterocycles. The molecule has 0 saturated carbocycles. The number of carbonyl (C=O) groups excluding carboxylic acids is 2. The molecule has 1 fully saturated rings. The third kappa shape index (κ3) is 8.86. The van der Waals surface area contributed by atoms with Gasteiger partial charge < -0.3 is 37.9 Å². The van der Waals surface area contributed by atoms with E-state index in [1.165, 1.54) is 26.6 Å². The minimum atomic E-state index is -0.906. The molecule has 5 rings (SSSR count). The van der Waals surface area contributed by atoms with Gasteiger partial charge in [-0.25, -0.2) is 10.9 Å². The number of carbonyl (C=O) groups is 2. The van der Waals surface area contributed by atoms with Crippen LogP contribution < -0.4 is 39.3 Å². The average molecular weight is 685 g/mol. The first-order chi connectivity index (χ1) is 24.4. The molecule has 4 aromatic rings. The zero-order valence-corrected chi connectivity index (χ0v) is 27.8. The Morgan fingerprint density at radius 1 is 0.600 bits per heavy atom. The highest BCUT2D eigenvalue weighted by atomic mass is 16.8. The standard InChI is InChI=1S/C36H36N4O10/c1-43-29-9-5-7-25(31(29)45-3)21-37-39-33(41)23-11-15-27(16-12-23)49-35-36(48-20-19-47-35)50-28-17-13-24(14-18-28)34(42)40-38-22-26-8-6-10-30(44-2)32(26)46-4/h5-18,21-22,35-36H,19-20H2,1-4H3,(H,39,41)(H,40,42)/b37-21-,38-22-/t35-,36-/m0/s1. The number of nitrogens with one attached hydrogen (secondary N) is 2. The number of benzene rings is 4. The van der Waals surface area contributed by atoms with Crippen LogP contribution in [0.3, 0.4) is 0 Å². The van der Waals surface area contributed by atoms with Crippen LogP contribution in [0.15, 0.2) is 95.1 Å². The zero-order valence-electron chi connectivity index (χ0n) is 27.8. The van der Waals surface area contributed by atoms with E-state index < -0.39 is 24.4 Å². The molecule has 260 valence electrons. The van der Waals surface area contributed by atoms with Gasteiger partial charge in [0.2, 0.25) is 0 Å². The van der Waals surface area contributed by atoms with Gasteiger partial charge in [0.15, 0.2) is 23.0 Å². The van der Waals surface area contributed by atoms with E-state index in [1.807, 2.05) is 0 Å². The summed E-state index contributed by atoms with van der Waals surface area (Å²) in [5, 5.41) is 8.08. The van der Waals surface area contributed by atoms with Crippen LogP contribution in [0, 0.1) is 0 Å². The van der Waals surface area contributed by atoms with Gasteiger partial charge in [0.25, 0.3) is 24.4 Å². The maximum absolute atomic E-state index is 12.7. The van der Waals surface area contributed by atoms with Crippen molar-refractivity contribution in [3.8, 4) is 34.5 Å². The van der Waals surface area contributed by atoms with E-state index in [-0.39, 0.29) is 0 Å². The first-order valence-electron chi connectivity index (χ1n) is 15.3. The number of rotatable bonds is 14. The zero-order chi connectivity index (χ0) is 35.3. The van der Waals surface area contributed by atoms with Crippen LogP contribution in [0.1, 0.15) is 31.8 Å². The Labute approximate surface area is 288 Å². The van der Waals surface area contributed by atoms with Gasteiger partial charge in [0.05, 0.1) is 54.1 Å². The lowest BCUT2D eigenvalue weighted by molar-refractivity contribution is -0.271. The smallest absolute Gasteiger partial charge is 0.271 e. The Morgan fingerprint density at radius 2 is 1.00 bits per heavy atom. The Bertz CT molecular complexity index is 1680. The molecule has 0 bridgehead atoms. The largest absolute Gasteiger partial charge is 0.493 e. The minimum absolute atomic E-state index is 0.294. The summed E-state index contributed by atoms with van der Waals surface area (Å²) in [6.45, 7) is 0.588. The maximum atomic E-state index is 12.7. The van der Waals surface area contributed by atoms with Crippen LogP contribution in [-0.2, 0) is 9.47 Å². The summed E-state index contributed by atoms with van der Waals surface area (Å²) in [5.74, 6) is 2.10. The number of nitrogens with zero attached hydrogens (tertiary/aromatic N) is 2. The van der Waals surface area contributed by atoms with Gasteiger partial charge in [-0.1, -0.05) is 12.1 Å². The van der Waals surface area contributed by atoms with Gasteiger partial charge >= 0.3 is 0 Å². The monoisotopic (exact) mass is 684 g/mol. The number of hydrazone groups is 2. The average Bonchev–Trinajstić information content (AvgIpc) is 3.15. The van der Waals surface area contributed by atoms with Gasteiger partial charge in [-0.15, -0.1) is 0 Å². The molecule has 4 aromatic carbocycles. The van der Waals surface area contributed by atoms with Crippen molar-refractivity contribution in [2.45, 2.75) is 12.6 Å². The SMILES string of the molecule is COc1cccc(/C=N\NC(=O)c2ccc(O[C@@H]3OCCO[C@H]3Oc3ccc(C(=O)N/N=C\c4cccc(OC)c4OC)cc3)cc2)c1OC. The molecule has 0 aliphatic carbocycles. The van der Waals surface area contributed by atoms with Crippen molar-refractivity contribution >= 4 is 24.2 Å². The van der Waals surface area contributed by atoms with Crippen LogP contribution in [0.25, 0.3) is 0 Å². The molecule has 2 N–H and O–H groups in total. The van der Waals surface area contributed by atoms with E-state index in [0.717, 1.165) is 0 Å². The molecule has 14 nitrogen and oxygen atoms in total. The summed E-state index contributed by atoms with van der Waals surface area (Å²) in [6.07, 6.45) is 1.13. The van der Waals surface area contributed by atoms with E-state index >= 15 is 0 Å². The summed E-state index contributed by atoms with van der Waals surface area (Å²) >= 11 is 0. The van der Waals surface area contributed by atoms with Gasteiger partial charge in [0, 0.05) is 22.3 Å². The number of ether oxygens (including phenoxy) is 8. The highest BCUT2D eigenvalue weighted by Gasteiger charge is 2.31. The van der Waals surface area contributed by atoms with E-state index in [1.54, 1.807) is 99.1 Å². The topological polar surface area (TPSA) is 157 Å². The molecule has 50 heavy (non-hydrogen) atoms. The molecule has 0 aromatic heterocycles. The lowest BCUT2D eigenvalue weighted by Crippen LogP contribution is -2.45. The van der Waals surface area contributed by atoms with Gasteiger partial charge in [-0.3, -0.25) is 9.59 Å². The highest BCUT2D eigenvalue weighted by Crippen LogP contribution is 2.30. The third-order valence-electron chi connectivity index (χ3n) is 7.21. The molecule has 0 unspecified atom stereocenters. The molecule has 14 heteroatoms. The molecule has 1 saturated heterocycles. The normalized spacial score (nSPS) is 15.7. The van der Waals surface area contributed by atoms with Crippen molar-refractivity contribution in [3.05, 3.63) is 107 Å². The fourth-order valence-electron chi connectivity index (χ4n) is 4.78. The second-order valence-corrected chi connectivity index (χ2v) is 10.3. The molecule has 2 atom stereocenters. The highest BCUT2D eigenvalue weighted by molar-refractivity contribution is 5.96. The van der Waals surface area contributed by atoms with Crippen LogP contribution in [0.5, 0.6) is 34.5 Å². The van der Waals surface area contributed by atoms with E-state index in [9.17, 15) is 9.59 Å². The van der Waals surface area contributed by atoms with Crippen LogP contribution in [0.2, 0.25) is 0 Å². The Kier molecular flexibility index (Phi) is 12.2. The van der Waals surface area contributed by atoms with E-state index in [0.29, 0.717) is 70.0 Å². The fraction of sp³-hybridized carbons (Fsp3) is 0.222. The van der Waals surface area contributed by atoms with E-state index in [4.69, 9.17) is 37.9 Å². The molecule has 1 aliphatic rings. The summed E-state index contributed by atoms with van der Waals surface area (Å²) in [6, 6.07) is 23.5. The molecular weight excluding hydrogens is 648 g/mol. The van der Waals surface area contributed by atoms with Crippen molar-refractivity contribution in [1.82, 2.24) is 10.9 Å². The summed E-state index contributed by atoms with van der Waals surface area (Å²) in [7, 11) is 6.13. The van der Waals surface area contributed by atoms with Crippen molar-refractivity contribution in [3.63, 3.8) is 0 Å². The molecule has 0 spiro atoms. The minimum Gasteiger partial charge on any atom is -0.493 e. The predicted molar refractivity (Wildman–Crippen MR) is 183 cm³/mol. The summed E-state index contributed by atoms with van der Waals surface area (Å²) in [4.78, 5) is 25.3. The second kappa shape index (κ2) is 17.3. The first-order valence-corrected chi connectivity index (χ1v) is 15.3. The lowest BCUT2D eigenvalue weighted by atomic mass is 10.2. The Hall–Kier alpha value is -6.12. The third-order valence-corrected chi connectivity index (χ3v) is 7.21. The molecule has 1 aliphatic heterocycles. The fourth-order valence-corrected chi connectivity index (χ4v) is 4.78. The molecular formula is C36H36N4O10. The quantitative estimate of drug-likeness (QED) is 0.144. The van der Waals surface area contributed by atoms with Crippen LogP contribution >= 0.6 is 0 Å². The van der Waals surface area contributed by atoms with Crippen LogP contribution in [0.4, 0.5) is 0 Å². The molecule has 2 amide bonds. The Morgan fingerprint density at radius 3 is 1.36 bits per heavy atom. The number of hydrogen-bond donors (Lipinski definition) is 2. The number of para-hydroxylation sites is 2. The number of amides is 2. The molecule has 0 radical (unpaired) electrons. The van der Waals surface area contributed by atoms with Crippen molar-refractivity contribution in [1.29, 1.82) is 0 Å². The second-order valence-electron chi connectivity index (χ2n) is 10.3. The van der Waals surface area contributed by atoms with Gasteiger partial charge in [0.1, 0.15) is 11.5 Å². The van der Waals surface area contributed by atoms with Crippen molar-refractivity contribution in [2.75, 3.05) is 41.7 Å². The summed E-state index contributed by atoms with van der Waals surface area (Å²) in [5.41, 5.74) is 6.98. The lowest BCUT2D eigenvalue weighted by Gasteiger charge is -2.31. The predicted octanol–water partition coefficient (Wildman–Crippen LogP) is 4.41. The van der Waals surface area contributed by atoms with Gasteiger partial charge in [-0.2, -0.15) is 10.2 Å². The number of hydrogen-bond acceptors (Lipinski definition) is 12. The first kappa shape index (κ1) is 35.2. The Balaban J connectivity index is 1.14. The van der Waals surface area contributed by atoms with Crippen molar-refractivity contribution < 1.29 is 47.5 Å². The number of methoxy groups -OCH3 is 4. The van der Waals surface area contributed by atoms with E-state index in [2.05, 4.69) is 21.1 Å². The maximum Gasteiger partial charge on any atom is 0.271 e. The van der Waals surface area contributed by atoms with Crippen molar-refractivity contribution in [2.24, 2.45) is 10.2 Å². The van der Waals surface area contributed by atoms with Crippen LogP contribution in [-0.4, -0.2) is 78.5 Å². The summed E-state index contributed by atoms with van der Waals surface area (Å²) < 4.78 is 44.8.